The average Bonchev–Trinajstić information content (AvgIpc) is 2.82. The number of nitrogens with zero attached hydrogens (tertiary/aromatic N) is 2. The molecule has 0 unspecified atom stereocenters. The van der Waals surface area contributed by atoms with Gasteiger partial charge in [-0.2, -0.15) is 0 Å². The zero-order valence-electron chi connectivity index (χ0n) is 16.4. The molecule has 0 saturated carbocycles. The fraction of sp³-hybridized carbons (Fsp3) is 0.391. The van der Waals surface area contributed by atoms with E-state index >= 15 is 0 Å². The van der Waals surface area contributed by atoms with Crippen molar-refractivity contribution in [1.29, 1.82) is 0 Å². The minimum absolute atomic E-state index is 0.0281. The Labute approximate surface area is 161 Å². The normalized spacial score (nSPS) is 17.7. The largest absolute Gasteiger partial charge is 0.336 e. The monoisotopic (exact) mass is 364 g/mol. The van der Waals surface area contributed by atoms with Gasteiger partial charge in [0.1, 0.15) is 0 Å². The molecule has 0 aromatic heterocycles. The maximum Gasteiger partial charge on any atom is 0.254 e. The van der Waals surface area contributed by atoms with Crippen molar-refractivity contribution in [3.05, 3.63) is 70.8 Å². The van der Waals surface area contributed by atoms with Crippen LogP contribution in [-0.2, 0) is 11.3 Å². The smallest absolute Gasteiger partial charge is 0.254 e. The van der Waals surface area contributed by atoms with Crippen molar-refractivity contribution in [3.63, 3.8) is 0 Å². The van der Waals surface area contributed by atoms with Crippen LogP contribution < -0.4 is 0 Å². The first kappa shape index (κ1) is 19.2. The Morgan fingerprint density at radius 3 is 2.52 bits per heavy atom. The molecule has 3 rings (SSSR count). The van der Waals surface area contributed by atoms with Crippen LogP contribution in [0, 0.1) is 13.8 Å². The van der Waals surface area contributed by atoms with Crippen LogP contribution in [0.1, 0.15) is 46.8 Å². The summed E-state index contributed by atoms with van der Waals surface area (Å²) in [5.74, 6) is 0.155. The van der Waals surface area contributed by atoms with Gasteiger partial charge in [0.05, 0.1) is 0 Å². The molecule has 0 spiro atoms. The highest BCUT2D eigenvalue weighted by Gasteiger charge is 2.31. The van der Waals surface area contributed by atoms with Crippen molar-refractivity contribution in [2.45, 2.75) is 46.2 Å². The third-order valence-electron chi connectivity index (χ3n) is 5.35. The summed E-state index contributed by atoms with van der Waals surface area (Å²) in [6.07, 6.45) is 1.20. The molecule has 27 heavy (non-hydrogen) atoms. The number of rotatable bonds is 4. The van der Waals surface area contributed by atoms with E-state index in [0.717, 1.165) is 28.7 Å². The quantitative estimate of drug-likeness (QED) is 0.824. The molecule has 4 nitrogen and oxygen atoms in total. The van der Waals surface area contributed by atoms with Gasteiger partial charge in [-0.3, -0.25) is 9.59 Å². The van der Waals surface area contributed by atoms with Crippen LogP contribution in [0.25, 0.3) is 0 Å². The van der Waals surface area contributed by atoms with Crippen molar-refractivity contribution in [2.24, 2.45) is 0 Å². The van der Waals surface area contributed by atoms with E-state index in [9.17, 15) is 9.59 Å². The lowest BCUT2D eigenvalue weighted by atomic mass is 10.0. The SMILES string of the molecule is CC[C@H]1CN(C(=O)c2ccc(C)cc2C)CCC(=O)N1Cc1ccccc1. The van der Waals surface area contributed by atoms with Gasteiger partial charge in [0.15, 0.2) is 0 Å². The van der Waals surface area contributed by atoms with Crippen LogP contribution >= 0.6 is 0 Å². The molecule has 1 heterocycles. The second-order valence-electron chi connectivity index (χ2n) is 7.39. The molecule has 2 amide bonds. The van der Waals surface area contributed by atoms with Gasteiger partial charge < -0.3 is 9.80 Å². The molecule has 1 saturated heterocycles. The van der Waals surface area contributed by atoms with E-state index in [1.807, 2.05) is 72.2 Å². The summed E-state index contributed by atoms with van der Waals surface area (Å²) < 4.78 is 0. The number of amides is 2. The van der Waals surface area contributed by atoms with E-state index in [1.54, 1.807) is 0 Å². The summed E-state index contributed by atoms with van der Waals surface area (Å²) in [7, 11) is 0. The summed E-state index contributed by atoms with van der Waals surface area (Å²) in [4.78, 5) is 29.7. The minimum atomic E-state index is 0.0281. The molecule has 1 aliphatic rings. The van der Waals surface area contributed by atoms with Crippen LogP contribution in [-0.4, -0.2) is 40.7 Å². The Balaban J connectivity index is 1.80. The highest BCUT2D eigenvalue weighted by Crippen LogP contribution is 2.20. The van der Waals surface area contributed by atoms with Crippen LogP contribution in [0.15, 0.2) is 48.5 Å². The fourth-order valence-corrected chi connectivity index (χ4v) is 3.78. The molecule has 2 aromatic rings. The van der Waals surface area contributed by atoms with Gasteiger partial charge in [0.25, 0.3) is 5.91 Å². The van der Waals surface area contributed by atoms with Crippen molar-refractivity contribution < 1.29 is 9.59 Å². The summed E-state index contributed by atoms with van der Waals surface area (Å²) in [5, 5.41) is 0. The Hall–Kier alpha value is -2.62. The molecular weight excluding hydrogens is 336 g/mol. The number of hydrogen-bond donors (Lipinski definition) is 0. The Bertz CT molecular complexity index is 816. The van der Waals surface area contributed by atoms with Crippen molar-refractivity contribution in [3.8, 4) is 0 Å². The molecule has 0 aliphatic carbocycles. The molecule has 0 N–H and O–H groups in total. The topological polar surface area (TPSA) is 40.6 Å². The second kappa shape index (κ2) is 8.38. The highest BCUT2D eigenvalue weighted by atomic mass is 16.2. The predicted octanol–water partition coefficient (Wildman–Crippen LogP) is 3.96. The molecule has 4 heteroatoms. The maximum absolute atomic E-state index is 13.1. The molecule has 1 atom stereocenters. The first-order chi connectivity index (χ1) is 13.0. The van der Waals surface area contributed by atoms with Crippen molar-refractivity contribution in [2.75, 3.05) is 13.1 Å². The molecule has 1 fully saturated rings. The number of benzene rings is 2. The van der Waals surface area contributed by atoms with E-state index in [4.69, 9.17) is 0 Å². The first-order valence-electron chi connectivity index (χ1n) is 9.69. The minimum Gasteiger partial charge on any atom is -0.336 e. The van der Waals surface area contributed by atoms with Gasteiger partial charge >= 0.3 is 0 Å². The zero-order chi connectivity index (χ0) is 19.4. The zero-order valence-corrected chi connectivity index (χ0v) is 16.4. The summed E-state index contributed by atoms with van der Waals surface area (Å²) in [6.45, 7) is 7.75. The van der Waals surface area contributed by atoms with E-state index in [1.165, 1.54) is 0 Å². The van der Waals surface area contributed by atoms with Crippen LogP contribution in [0.2, 0.25) is 0 Å². The van der Waals surface area contributed by atoms with Crippen LogP contribution in [0.4, 0.5) is 0 Å². The third kappa shape index (κ3) is 4.38. The standard InChI is InChI=1S/C23H28N2O2/c1-4-20-16-24(23(27)21-11-10-17(2)14-18(21)3)13-12-22(26)25(20)15-19-8-6-5-7-9-19/h5-11,14,20H,4,12-13,15-16H2,1-3H3/t20-/m0/s1. The Morgan fingerprint density at radius 1 is 1.11 bits per heavy atom. The molecule has 142 valence electrons. The van der Waals surface area contributed by atoms with Gasteiger partial charge in [-0.15, -0.1) is 0 Å². The van der Waals surface area contributed by atoms with Crippen LogP contribution in [0.3, 0.4) is 0 Å². The lowest BCUT2D eigenvalue weighted by Gasteiger charge is -2.31. The van der Waals surface area contributed by atoms with Gasteiger partial charge in [-0.05, 0) is 37.5 Å². The lowest BCUT2D eigenvalue weighted by molar-refractivity contribution is -0.133. The van der Waals surface area contributed by atoms with Gasteiger partial charge in [-0.25, -0.2) is 0 Å². The molecule has 0 radical (unpaired) electrons. The number of hydrogen-bond acceptors (Lipinski definition) is 2. The number of carbonyl (C=O) groups is 2. The predicted molar refractivity (Wildman–Crippen MR) is 108 cm³/mol. The Kier molecular flexibility index (Phi) is 5.94. The molecule has 0 bridgehead atoms. The van der Waals surface area contributed by atoms with E-state index in [0.29, 0.717) is 26.1 Å². The number of carbonyl (C=O) groups excluding carboxylic acids is 2. The summed E-state index contributed by atoms with van der Waals surface area (Å²) in [6, 6.07) is 16.0. The van der Waals surface area contributed by atoms with E-state index in [-0.39, 0.29) is 17.9 Å². The van der Waals surface area contributed by atoms with Crippen molar-refractivity contribution >= 4 is 11.8 Å². The Morgan fingerprint density at radius 2 is 1.85 bits per heavy atom. The first-order valence-corrected chi connectivity index (χ1v) is 9.69. The lowest BCUT2D eigenvalue weighted by Crippen LogP contribution is -2.43. The maximum atomic E-state index is 13.1. The molecule has 1 aliphatic heterocycles. The van der Waals surface area contributed by atoms with Crippen molar-refractivity contribution in [1.82, 2.24) is 9.80 Å². The van der Waals surface area contributed by atoms with Gasteiger partial charge in [-0.1, -0.05) is 55.0 Å². The third-order valence-corrected chi connectivity index (χ3v) is 5.35. The average molecular weight is 364 g/mol. The number of aryl methyl sites for hydroxylation is 2. The van der Waals surface area contributed by atoms with Gasteiger partial charge in [0.2, 0.25) is 5.91 Å². The summed E-state index contributed by atoms with van der Waals surface area (Å²) >= 11 is 0. The molecular formula is C23H28N2O2. The van der Waals surface area contributed by atoms with E-state index in [2.05, 4.69) is 6.92 Å². The fourth-order valence-electron chi connectivity index (χ4n) is 3.78. The van der Waals surface area contributed by atoms with Gasteiger partial charge in [0, 0.05) is 37.7 Å². The van der Waals surface area contributed by atoms with Crippen LogP contribution in [0.5, 0.6) is 0 Å². The molecule has 2 aromatic carbocycles. The summed E-state index contributed by atoms with van der Waals surface area (Å²) in [5.41, 5.74) is 4.00. The highest BCUT2D eigenvalue weighted by molar-refractivity contribution is 5.96. The second-order valence-corrected chi connectivity index (χ2v) is 7.39. The van der Waals surface area contributed by atoms with E-state index < -0.39 is 0 Å².